The standard InChI is InChI=1S/C11H18N6O3S/c1-3-12-4-5-17-8-10(6-13-17)21(18,19)14-7-11-15-9(2)16-20-11/h6,8,12,14H,3-5,7H2,1-2H3. The number of nitrogens with one attached hydrogen (secondary N) is 2. The van der Waals surface area contributed by atoms with Gasteiger partial charge in [0.05, 0.1) is 19.3 Å². The van der Waals surface area contributed by atoms with Crippen LogP contribution >= 0.6 is 0 Å². The molecule has 0 radical (unpaired) electrons. The normalized spacial score (nSPS) is 11.9. The Kier molecular flexibility index (Phi) is 5.04. The van der Waals surface area contributed by atoms with Crippen molar-refractivity contribution in [1.29, 1.82) is 0 Å². The molecule has 2 rings (SSSR count). The van der Waals surface area contributed by atoms with Gasteiger partial charge in [-0.3, -0.25) is 4.68 Å². The van der Waals surface area contributed by atoms with Crippen molar-refractivity contribution < 1.29 is 12.9 Å². The summed E-state index contributed by atoms with van der Waals surface area (Å²) in [4.78, 5) is 4.04. The van der Waals surface area contributed by atoms with Gasteiger partial charge in [-0.2, -0.15) is 10.1 Å². The van der Waals surface area contributed by atoms with Gasteiger partial charge >= 0.3 is 0 Å². The van der Waals surface area contributed by atoms with Gasteiger partial charge in [-0.15, -0.1) is 0 Å². The topological polar surface area (TPSA) is 115 Å². The molecule has 0 aliphatic heterocycles. The van der Waals surface area contributed by atoms with Crippen molar-refractivity contribution >= 4 is 10.0 Å². The number of aromatic nitrogens is 4. The molecule has 0 unspecified atom stereocenters. The lowest BCUT2D eigenvalue weighted by molar-refractivity contribution is 0.372. The number of nitrogens with zero attached hydrogens (tertiary/aromatic N) is 4. The van der Waals surface area contributed by atoms with Crippen molar-refractivity contribution in [2.45, 2.75) is 31.8 Å². The Labute approximate surface area is 122 Å². The molecular formula is C11H18N6O3S. The number of sulfonamides is 1. The zero-order valence-corrected chi connectivity index (χ0v) is 12.7. The maximum Gasteiger partial charge on any atom is 0.244 e. The molecule has 0 amide bonds. The van der Waals surface area contributed by atoms with E-state index in [9.17, 15) is 8.42 Å². The van der Waals surface area contributed by atoms with E-state index in [1.807, 2.05) is 6.92 Å². The van der Waals surface area contributed by atoms with Crippen molar-refractivity contribution in [3.8, 4) is 0 Å². The fraction of sp³-hybridized carbons (Fsp3) is 0.545. The minimum absolute atomic E-state index is 0.0499. The molecule has 0 saturated carbocycles. The van der Waals surface area contributed by atoms with Crippen LogP contribution in [0.3, 0.4) is 0 Å². The Morgan fingerprint density at radius 1 is 1.43 bits per heavy atom. The average Bonchev–Trinajstić information content (AvgIpc) is 3.06. The summed E-state index contributed by atoms with van der Waals surface area (Å²) in [6.45, 7) is 5.81. The van der Waals surface area contributed by atoms with Gasteiger partial charge < -0.3 is 9.84 Å². The van der Waals surface area contributed by atoms with Crippen molar-refractivity contribution in [3.05, 3.63) is 24.1 Å². The van der Waals surface area contributed by atoms with Crippen molar-refractivity contribution in [2.75, 3.05) is 13.1 Å². The average molecular weight is 314 g/mol. The van der Waals surface area contributed by atoms with Crippen LogP contribution in [0, 0.1) is 6.92 Å². The molecule has 10 heteroatoms. The highest BCUT2D eigenvalue weighted by Gasteiger charge is 2.17. The first-order valence-electron chi connectivity index (χ1n) is 6.53. The van der Waals surface area contributed by atoms with Crippen LogP contribution in [0.15, 0.2) is 21.8 Å². The van der Waals surface area contributed by atoms with Gasteiger partial charge in [0.2, 0.25) is 15.9 Å². The van der Waals surface area contributed by atoms with Crippen molar-refractivity contribution in [2.24, 2.45) is 0 Å². The van der Waals surface area contributed by atoms with Crippen LogP contribution in [0.1, 0.15) is 18.6 Å². The fourth-order valence-electron chi connectivity index (χ4n) is 1.63. The van der Waals surface area contributed by atoms with E-state index in [4.69, 9.17) is 4.52 Å². The summed E-state index contributed by atoms with van der Waals surface area (Å²) in [5.74, 6) is 0.677. The molecule has 116 valence electrons. The Hall–Kier alpha value is -1.78. The molecule has 0 fully saturated rings. The van der Waals surface area contributed by atoms with Gasteiger partial charge in [0.15, 0.2) is 5.82 Å². The molecule has 0 aromatic carbocycles. The number of rotatable bonds is 8. The summed E-state index contributed by atoms with van der Waals surface area (Å²) in [6.07, 6.45) is 2.80. The van der Waals surface area contributed by atoms with Crippen molar-refractivity contribution in [3.63, 3.8) is 0 Å². The largest absolute Gasteiger partial charge is 0.338 e. The summed E-state index contributed by atoms with van der Waals surface area (Å²) < 4.78 is 33.0. The van der Waals surface area contributed by atoms with E-state index in [2.05, 4.69) is 25.3 Å². The van der Waals surface area contributed by atoms with Gasteiger partial charge in [-0.05, 0) is 13.5 Å². The van der Waals surface area contributed by atoms with E-state index in [1.54, 1.807) is 11.6 Å². The molecule has 21 heavy (non-hydrogen) atoms. The maximum absolute atomic E-state index is 12.1. The fourth-order valence-corrected chi connectivity index (χ4v) is 2.55. The van der Waals surface area contributed by atoms with Crippen LogP contribution < -0.4 is 10.0 Å². The molecule has 2 heterocycles. The van der Waals surface area contributed by atoms with E-state index in [1.165, 1.54) is 12.4 Å². The molecule has 9 nitrogen and oxygen atoms in total. The minimum atomic E-state index is -3.64. The van der Waals surface area contributed by atoms with Crippen LogP contribution in [-0.2, 0) is 23.1 Å². The molecular weight excluding hydrogens is 296 g/mol. The Balaban J connectivity index is 1.95. The lowest BCUT2D eigenvalue weighted by atomic mass is 10.6. The highest BCUT2D eigenvalue weighted by atomic mass is 32.2. The summed E-state index contributed by atoms with van der Waals surface area (Å²) in [5.41, 5.74) is 0. The second-order valence-corrected chi connectivity index (χ2v) is 6.12. The summed E-state index contributed by atoms with van der Waals surface area (Å²) >= 11 is 0. The van der Waals surface area contributed by atoms with E-state index in [0.29, 0.717) is 12.4 Å². The molecule has 0 aliphatic rings. The van der Waals surface area contributed by atoms with Crippen LogP contribution in [0.25, 0.3) is 0 Å². The third-order valence-electron chi connectivity index (χ3n) is 2.67. The van der Waals surface area contributed by atoms with Gasteiger partial charge in [-0.25, -0.2) is 13.1 Å². The van der Waals surface area contributed by atoms with Gasteiger partial charge in [0.1, 0.15) is 4.90 Å². The lowest BCUT2D eigenvalue weighted by Gasteiger charge is -2.02. The van der Waals surface area contributed by atoms with Gasteiger partial charge in [0, 0.05) is 12.7 Å². The minimum Gasteiger partial charge on any atom is -0.338 e. The highest BCUT2D eigenvalue weighted by Crippen LogP contribution is 2.07. The lowest BCUT2D eigenvalue weighted by Crippen LogP contribution is -2.23. The van der Waals surface area contributed by atoms with Crippen LogP contribution in [0.5, 0.6) is 0 Å². The molecule has 0 bridgehead atoms. The number of likely N-dealkylation sites (N-methyl/N-ethyl adjacent to an activating group) is 1. The maximum atomic E-state index is 12.1. The third-order valence-corrected chi connectivity index (χ3v) is 4.03. The number of hydrogen-bond acceptors (Lipinski definition) is 7. The van der Waals surface area contributed by atoms with E-state index in [0.717, 1.165) is 13.1 Å². The number of hydrogen-bond donors (Lipinski definition) is 2. The Bertz CT molecular complexity index is 678. The summed E-state index contributed by atoms with van der Waals surface area (Å²) in [5, 5.41) is 10.8. The first-order valence-corrected chi connectivity index (χ1v) is 8.01. The smallest absolute Gasteiger partial charge is 0.244 e. The molecule has 2 N–H and O–H groups in total. The van der Waals surface area contributed by atoms with Crippen molar-refractivity contribution in [1.82, 2.24) is 30.0 Å². The van der Waals surface area contributed by atoms with Gasteiger partial charge in [0.25, 0.3) is 0 Å². The summed E-state index contributed by atoms with van der Waals surface area (Å²) in [7, 11) is -3.64. The zero-order chi connectivity index (χ0) is 15.3. The Morgan fingerprint density at radius 2 is 2.24 bits per heavy atom. The number of aryl methyl sites for hydroxylation is 1. The highest BCUT2D eigenvalue weighted by molar-refractivity contribution is 7.89. The predicted octanol–water partition coefficient (Wildman–Crippen LogP) is -0.337. The Morgan fingerprint density at radius 3 is 2.90 bits per heavy atom. The van der Waals surface area contributed by atoms with E-state index in [-0.39, 0.29) is 17.3 Å². The third kappa shape index (κ3) is 4.34. The predicted molar refractivity (Wildman–Crippen MR) is 73.8 cm³/mol. The van der Waals surface area contributed by atoms with E-state index >= 15 is 0 Å². The first kappa shape index (κ1) is 15.6. The SMILES string of the molecule is CCNCCn1cc(S(=O)(=O)NCc2nc(C)no2)cn1. The van der Waals surface area contributed by atoms with Crippen LogP contribution in [0.4, 0.5) is 0 Å². The second-order valence-electron chi connectivity index (χ2n) is 4.35. The molecule has 0 atom stereocenters. The van der Waals surface area contributed by atoms with Crippen LogP contribution in [0.2, 0.25) is 0 Å². The van der Waals surface area contributed by atoms with Gasteiger partial charge in [-0.1, -0.05) is 12.1 Å². The molecule has 2 aromatic heterocycles. The molecule has 2 aromatic rings. The first-order chi connectivity index (χ1) is 10.0. The molecule has 0 saturated heterocycles. The second kappa shape index (κ2) is 6.78. The zero-order valence-electron chi connectivity index (χ0n) is 11.9. The quantitative estimate of drug-likeness (QED) is 0.641. The molecule has 0 aliphatic carbocycles. The van der Waals surface area contributed by atoms with Crippen LogP contribution in [-0.4, -0.2) is 41.4 Å². The van der Waals surface area contributed by atoms with E-state index < -0.39 is 10.0 Å². The monoisotopic (exact) mass is 314 g/mol. The summed E-state index contributed by atoms with van der Waals surface area (Å²) in [6, 6.07) is 0. The molecule has 0 spiro atoms.